The van der Waals surface area contributed by atoms with Crippen molar-refractivity contribution in [1.82, 2.24) is 9.55 Å². The lowest BCUT2D eigenvalue weighted by Crippen LogP contribution is -2.21. The predicted octanol–water partition coefficient (Wildman–Crippen LogP) is 5.05. The van der Waals surface area contributed by atoms with E-state index in [1.165, 1.54) is 11.3 Å². The van der Waals surface area contributed by atoms with Crippen LogP contribution in [0.3, 0.4) is 0 Å². The van der Waals surface area contributed by atoms with Crippen LogP contribution >= 0.6 is 23.6 Å². The number of rotatable bonds is 2. The Morgan fingerprint density at radius 3 is 2.60 bits per heavy atom. The number of thiophene rings is 1. The van der Waals surface area contributed by atoms with Crippen molar-refractivity contribution in [3.8, 4) is 16.8 Å². The van der Waals surface area contributed by atoms with Crippen LogP contribution in [-0.4, -0.2) is 9.55 Å². The highest BCUT2D eigenvalue weighted by molar-refractivity contribution is 7.71. The first-order chi connectivity index (χ1) is 12.1. The third-order valence-electron chi connectivity index (χ3n) is 3.87. The highest BCUT2D eigenvalue weighted by Crippen LogP contribution is 2.31. The fraction of sp³-hybridized carbons (Fsp3) is 0. The minimum atomic E-state index is -0.723. The molecule has 0 bridgehead atoms. The van der Waals surface area contributed by atoms with E-state index >= 15 is 0 Å². The first-order valence-electron chi connectivity index (χ1n) is 7.33. The Labute approximate surface area is 149 Å². The molecule has 0 aliphatic carbocycles. The molecule has 2 aromatic heterocycles. The van der Waals surface area contributed by atoms with Gasteiger partial charge in [-0.2, -0.15) is 0 Å². The summed E-state index contributed by atoms with van der Waals surface area (Å²) in [4.78, 5) is 16.6. The van der Waals surface area contributed by atoms with Crippen LogP contribution in [0, 0.1) is 16.4 Å². The van der Waals surface area contributed by atoms with Crippen molar-refractivity contribution in [3.05, 3.63) is 80.7 Å². The molecule has 0 saturated carbocycles. The van der Waals surface area contributed by atoms with Gasteiger partial charge in [-0.05, 0) is 29.9 Å². The molecule has 7 heteroatoms. The number of nitrogens with one attached hydrogen (secondary N) is 1. The molecule has 2 heterocycles. The molecule has 124 valence electrons. The molecule has 4 aromatic rings. The van der Waals surface area contributed by atoms with Crippen LogP contribution in [0.25, 0.3) is 27.0 Å². The first-order valence-corrected chi connectivity index (χ1v) is 8.62. The van der Waals surface area contributed by atoms with E-state index in [9.17, 15) is 13.6 Å². The summed E-state index contributed by atoms with van der Waals surface area (Å²) in [6.45, 7) is 0. The highest BCUT2D eigenvalue weighted by Gasteiger charge is 2.17. The average molecular weight is 372 g/mol. The lowest BCUT2D eigenvalue weighted by molar-refractivity contribution is 0.590. The van der Waals surface area contributed by atoms with Crippen molar-refractivity contribution >= 4 is 33.8 Å². The number of hydrogen-bond acceptors (Lipinski definition) is 3. The molecular formula is C18H10F2N2OS2. The molecule has 0 amide bonds. The molecule has 0 radical (unpaired) electrons. The normalized spacial score (nSPS) is 11.1. The van der Waals surface area contributed by atoms with Gasteiger partial charge in [-0.25, -0.2) is 13.3 Å². The summed E-state index contributed by atoms with van der Waals surface area (Å²) in [6.07, 6.45) is 0. The van der Waals surface area contributed by atoms with E-state index in [0.717, 1.165) is 33.9 Å². The molecule has 0 spiro atoms. The summed E-state index contributed by atoms with van der Waals surface area (Å²) < 4.78 is 28.8. The second-order valence-electron chi connectivity index (χ2n) is 5.39. The molecule has 0 aliphatic heterocycles. The summed E-state index contributed by atoms with van der Waals surface area (Å²) in [6, 6.07) is 12.3. The van der Waals surface area contributed by atoms with Gasteiger partial charge in [-0.1, -0.05) is 30.3 Å². The number of halogens is 2. The number of nitrogens with zero attached hydrogens (tertiary/aromatic N) is 1. The van der Waals surface area contributed by atoms with Gasteiger partial charge >= 0.3 is 0 Å². The van der Waals surface area contributed by atoms with Gasteiger partial charge in [0.05, 0.1) is 11.1 Å². The van der Waals surface area contributed by atoms with Crippen LogP contribution in [0.2, 0.25) is 0 Å². The Hall–Kier alpha value is -2.64. The largest absolute Gasteiger partial charge is 0.323 e. The fourth-order valence-electron chi connectivity index (χ4n) is 2.73. The van der Waals surface area contributed by atoms with E-state index in [2.05, 4.69) is 4.98 Å². The Kier molecular flexibility index (Phi) is 3.82. The maximum Gasteiger partial charge on any atom is 0.268 e. The number of aromatic nitrogens is 2. The van der Waals surface area contributed by atoms with Crippen molar-refractivity contribution < 1.29 is 8.78 Å². The third kappa shape index (κ3) is 2.61. The van der Waals surface area contributed by atoms with Crippen LogP contribution in [0.4, 0.5) is 8.78 Å². The van der Waals surface area contributed by atoms with E-state index in [1.54, 1.807) is 0 Å². The molecule has 0 fully saturated rings. The zero-order valence-corrected chi connectivity index (χ0v) is 14.3. The number of aromatic amines is 1. The quantitative estimate of drug-likeness (QED) is 0.500. The van der Waals surface area contributed by atoms with Gasteiger partial charge in [-0.3, -0.25) is 4.79 Å². The van der Waals surface area contributed by atoms with Gasteiger partial charge in [0.25, 0.3) is 5.56 Å². The minimum absolute atomic E-state index is 0.0171. The van der Waals surface area contributed by atoms with Gasteiger partial charge in [0.15, 0.2) is 4.77 Å². The standard InChI is InChI=1S/C18H10F2N2OS2/c19-11-6-7-13(20)14(8-11)22-17(23)15-12(10-4-2-1-3-5-10)9-25-16(15)21-18(22)24/h1-9H,(H,21,24). The van der Waals surface area contributed by atoms with E-state index in [-0.39, 0.29) is 10.5 Å². The maximum absolute atomic E-state index is 14.2. The summed E-state index contributed by atoms with van der Waals surface area (Å²) in [5.74, 6) is -1.37. The number of H-pyrrole nitrogens is 1. The Morgan fingerprint density at radius 1 is 1.08 bits per heavy atom. The lowest BCUT2D eigenvalue weighted by Gasteiger charge is -2.08. The number of benzene rings is 2. The maximum atomic E-state index is 14.2. The van der Waals surface area contributed by atoms with Crippen molar-refractivity contribution in [2.45, 2.75) is 0 Å². The van der Waals surface area contributed by atoms with E-state index in [4.69, 9.17) is 12.2 Å². The van der Waals surface area contributed by atoms with Crippen LogP contribution in [-0.2, 0) is 0 Å². The van der Waals surface area contributed by atoms with Crippen LogP contribution in [0.15, 0.2) is 58.7 Å². The fourth-order valence-corrected chi connectivity index (χ4v) is 4.03. The van der Waals surface area contributed by atoms with Crippen molar-refractivity contribution in [1.29, 1.82) is 0 Å². The van der Waals surface area contributed by atoms with E-state index in [0.29, 0.717) is 10.2 Å². The molecule has 2 aromatic carbocycles. The number of fused-ring (bicyclic) bond motifs is 1. The topological polar surface area (TPSA) is 37.8 Å². The SMILES string of the molecule is O=c1c2c(-c3ccccc3)csc2[nH]c(=S)n1-c1cc(F)ccc1F. The predicted molar refractivity (Wildman–Crippen MR) is 98.0 cm³/mol. The van der Waals surface area contributed by atoms with E-state index in [1.807, 2.05) is 35.7 Å². The zero-order valence-electron chi connectivity index (χ0n) is 12.6. The summed E-state index contributed by atoms with van der Waals surface area (Å²) >= 11 is 6.55. The van der Waals surface area contributed by atoms with Crippen molar-refractivity contribution in [2.24, 2.45) is 0 Å². The molecule has 4 rings (SSSR count). The monoisotopic (exact) mass is 372 g/mol. The number of hydrogen-bond donors (Lipinski definition) is 1. The van der Waals surface area contributed by atoms with Gasteiger partial charge in [0.1, 0.15) is 16.5 Å². The average Bonchev–Trinajstić information content (AvgIpc) is 3.02. The second kappa shape index (κ2) is 6.02. The molecule has 3 nitrogen and oxygen atoms in total. The zero-order chi connectivity index (χ0) is 17.6. The summed E-state index contributed by atoms with van der Waals surface area (Å²) in [7, 11) is 0. The van der Waals surface area contributed by atoms with Crippen molar-refractivity contribution in [3.63, 3.8) is 0 Å². The van der Waals surface area contributed by atoms with Gasteiger partial charge in [0.2, 0.25) is 0 Å². The van der Waals surface area contributed by atoms with Crippen molar-refractivity contribution in [2.75, 3.05) is 0 Å². The molecule has 0 aliphatic rings. The van der Waals surface area contributed by atoms with Crippen LogP contribution in [0.1, 0.15) is 0 Å². The third-order valence-corrected chi connectivity index (χ3v) is 5.05. The molecule has 0 unspecified atom stereocenters. The first kappa shape index (κ1) is 15.9. The van der Waals surface area contributed by atoms with Gasteiger partial charge in [-0.15, -0.1) is 11.3 Å². The van der Waals surface area contributed by atoms with E-state index < -0.39 is 17.2 Å². The van der Waals surface area contributed by atoms with Gasteiger partial charge in [0, 0.05) is 17.0 Å². The summed E-state index contributed by atoms with van der Waals surface area (Å²) in [5, 5.41) is 2.24. The molecule has 25 heavy (non-hydrogen) atoms. The Morgan fingerprint density at radius 2 is 1.84 bits per heavy atom. The molecule has 0 atom stereocenters. The minimum Gasteiger partial charge on any atom is -0.323 e. The van der Waals surface area contributed by atoms with Crippen LogP contribution in [0.5, 0.6) is 0 Å². The van der Waals surface area contributed by atoms with Gasteiger partial charge < -0.3 is 4.98 Å². The second-order valence-corrected chi connectivity index (χ2v) is 6.65. The van der Waals surface area contributed by atoms with Crippen LogP contribution < -0.4 is 5.56 Å². The molecular weight excluding hydrogens is 362 g/mol. The highest BCUT2D eigenvalue weighted by atomic mass is 32.1. The Bertz CT molecular complexity index is 1210. The smallest absolute Gasteiger partial charge is 0.268 e. The molecule has 0 saturated heterocycles. The Balaban J connectivity index is 2.09. The molecule has 1 N–H and O–H groups in total. The summed E-state index contributed by atoms with van der Waals surface area (Å²) in [5.41, 5.74) is 0.895. The lowest BCUT2D eigenvalue weighted by atomic mass is 10.1.